The number of hydrogen-bond donors (Lipinski definition) is 0. The van der Waals surface area contributed by atoms with Crippen molar-refractivity contribution in [3.63, 3.8) is 0 Å². The summed E-state index contributed by atoms with van der Waals surface area (Å²) in [4.78, 5) is 20.5. The molecule has 0 bridgehead atoms. The molecule has 0 aromatic heterocycles. The van der Waals surface area contributed by atoms with Gasteiger partial charge in [0.1, 0.15) is 17.2 Å². The van der Waals surface area contributed by atoms with Crippen LogP contribution in [0.15, 0.2) is 81.1 Å². The molecule has 1 aliphatic rings. The second-order valence-electron chi connectivity index (χ2n) is 7.31. The minimum absolute atomic E-state index is 0.121. The third-order valence-electron chi connectivity index (χ3n) is 5.16. The number of benzene rings is 3. The maximum Gasteiger partial charge on any atom is 0.267 e. The SMILES string of the molecule is COc1ccc(CN2C(=O)/C(=C/c3cc(Br)c(OC)cc3OC)SC2=Nc2ccccc2)cc1. The van der Waals surface area contributed by atoms with Crippen LogP contribution in [0.2, 0.25) is 0 Å². The lowest BCUT2D eigenvalue weighted by Crippen LogP contribution is -2.28. The minimum atomic E-state index is -0.121. The summed E-state index contributed by atoms with van der Waals surface area (Å²) >= 11 is 4.85. The van der Waals surface area contributed by atoms with Crippen molar-refractivity contribution >= 4 is 50.5 Å². The van der Waals surface area contributed by atoms with Crippen LogP contribution in [0.25, 0.3) is 6.08 Å². The van der Waals surface area contributed by atoms with Crippen LogP contribution in [0.1, 0.15) is 11.1 Å². The highest BCUT2D eigenvalue weighted by Gasteiger charge is 2.34. The van der Waals surface area contributed by atoms with Crippen LogP contribution < -0.4 is 14.2 Å². The third kappa shape index (κ3) is 5.29. The van der Waals surface area contributed by atoms with Gasteiger partial charge < -0.3 is 14.2 Å². The van der Waals surface area contributed by atoms with Crippen molar-refractivity contribution in [2.24, 2.45) is 4.99 Å². The summed E-state index contributed by atoms with van der Waals surface area (Å²) in [7, 11) is 4.81. The second kappa shape index (κ2) is 10.8. The number of hydrogen-bond acceptors (Lipinski definition) is 6. The molecule has 1 aliphatic heterocycles. The molecule has 0 N–H and O–H groups in total. The molecule has 3 aromatic rings. The van der Waals surface area contributed by atoms with Gasteiger partial charge in [-0.1, -0.05) is 30.3 Å². The number of thioether (sulfide) groups is 1. The predicted molar refractivity (Wildman–Crippen MR) is 140 cm³/mol. The summed E-state index contributed by atoms with van der Waals surface area (Å²) < 4.78 is 16.9. The molecule has 4 rings (SSSR count). The van der Waals surface area contributed by atoms with Gasteiger partial charge in [0.05, 0.1) is 42.9 Å². The van der Waals surface area contributed by atoms with Gasteiger partial charge in [-0.05, 0) is 69.7 Å². The summed E-state index contributed by atoms with van der Waals surface area (Å²) in [6.07, 6.45) is 1.82. The molecule has 0 unspecified atom stereocenters. The fourth-order valence-electron chi connectivity index (χ4n) is 3.39. The Bertz CT molecular complexity index is 1240. The molecule has 0 spiro atoms. The highest BCUT2D eigenvalue weighted by atomic mass is 79.9. The Balaban J connectivity index is 1.72. The van der Waals surface area contributed by atoms with Crippen LogP contribution in [0, 0.1) is 0 Å². The van der Waals surface area contributed by atoms with Gasteiger partial charge in [-0.2, -0.15) is 0 Å². The quantitative estimate of drug-likeness (QED) is 0.331. The average molecular weight is 539 g/mol. The van der Waals surface area contributed by atoms with Crippen LogP contribution in [-0.2, 0) is 11.3 Å². The van der Waals surface area contributed by atoms with Crippen molar-refractivity contribution in [3.8, 4) is 17.2 Å². The van der Waals surface area contributed by atoms with E-state index in [1.807, 2.05) is 66.7 Å². The number of carbonyl (C=O) groups excluding carboxylic acids is 1. The molecule has 0 aliphatic carbocycles. The molecule has 174 valence electrons. The fraction of sp³-hybridized carbons (Fsp3) is 0.154. The molecule has 34 heavy (non-hydrogen) atoms. The van der Waals surface area contributed by atoms with Crippen molar-refractivity contribution in [3.05, 3.63) is 87.2 Å². The van der Waals surface area contributed by atoms with Gasteiger partial charge in [0.25, 0.3) is 5.91 Å². The Labute approximate surface area is 211 Å². The lowest BCUT2D eigenvalue weighted by atomic mass is 10.1. The van der Waals surface area contributed by atoms with Crippen molar-refractivity contribution in [2.45, 2.75) is 6.54 Å². The van der Waals surface area contributed by atoms with Gasteiger partial charge in [0.15, 0.2) is 5.17 Å². The second-order valence-corrected chi connectivity index (χ2v) is 9.17. The fourth-order valence-corrected chi connectivity index (χ4v) is 4.91. The smallest absolute Gasteiger partial charge is 0.267 e. The van der Waals surface area contributed by atoms with E-state index in [0.29, 0.717) is 28.1 Å². The molecule has 1 saturated heterocycles. The van der Waals surface area contributed by atoms with Gasteiger partial charge in [-0.15, -0.1) is 0 Å². The first-order valence-corrected chi connectivity index (χ1v) is 12.0. The van der Waals surface area contributed by atoms with Crippen LogP contribution in [0.4, 0.5) is 5.69 Å². The van der Waals surface area contributed by atoms with Crippen molar-refractivity contribution < 1.29 is 19.0 Å². The summed E-state index contributed by atoms with van der Waals surface area (Å²) in [5, 5.41) is 0.616. The van der Waals surface area contributed by atoms with Gasteiger partial charge in [0.2, 0.25) is 0 Å². The van der Waals surface area contributed by atoms with Crippen LogP contribution in [-0.4, -0.2) is 37.3 Å². The largest absolute Gasteiger partial charge is 0.497 e. The molecule has 0 radical (unpaired) electrons. The Morgan fingerprint density at radius 2 is 1.65 bits per heavy atom. The van der Waals surface area contributed by atoms with Crippen LogP contribution in [0.3, 0.4) is 0 Å². The first-order chi connectivity index (χ1) is 16.5. The highest BCUT2D eigenvalue weighted by molar-refractivity contribution is 9.10. The van der Waals surface area contributed by atoms with Crippen LogP contribution in [0.5, 0.6) is 17.2 Å². The number of aliphatic imine (C=N–C) groups is 1. The molecule has 1 fully saturated rings. The Morgan fingerprint density at radius 3 is 2.29 bits per heavy atom. The number of amides is 1. The number of ether oxygens (including phenoxy) is 3. The molecule has 3 aromatic carbocycles. The predicted octanol–water partition coefficient (Wildman–Crippen LogP) is 6.28. The Morgan fingerprint density at radius 1 is 0.941 bits per heavy atom. The summed E-state index contributed by atoms with van der Waals surface area (Å²) in [6.45, 7) is 0.391. The maximum atomic E-state index is 13.5. The third-order valence-corrected chi connectivity index (χ3v) is 6.79. The van der Waals surface area contributed by atoms with E-state index in [1.54, 1.807) is 32.3 Å². The zero-order valence-corrected chi connectivity index (χ0v) is 21.4. The molecular weight excluding hydrogens is 516 g/mol. The summed E-state index contributed by atoms with van der Waals surface area (Å²) in [5.41, 5.74) is 2.52. The number of nitrogens with zero attached hydrogens (tertiary/aromatic N) is 2. The maximum absolute atomic E-state index is 13.5. The zero-order valence-electron chi connectivity index (χ0n) is 18.9. The summed E-state index contributed by atoms with van der Waals surface area (Å²) in [5.74, 6) is 1.90. The standard InChI is InChI=1S/C26H23BrN2O4S/c1-31-20-11-9-17(10-12-20)16-29-25(30)24(34-26(29)28-19-7-5-4-6-8-19)14-18-13-21(27)23(33-3)15-22(18)32-2/h4-15H,16H2,1-3H3/b24-14-,28-26?. The minimum Gasteiger partial charge on any atom is -0.497 e. The number of para-hydroxylation sites is 1. The van der Waals surface area contributed by atoms with E-state index >= 15 is 0 Å². The molecule has 0 saturated carbocycles. The molecular formula is C26H23BrN2O4S. The van der Waals surface area contributed by atoms with Gasteiger partial charge in [-0.3, -0.25) is 9.69 Å². The van der Waals surface area contributed by atoms with E-state index in [4.69, 9.17) is 19.2 Å². The normalized spacial score (nSPS) is 15.8. The summed E-state index contributed by atoms with van der Waals surface area (Å²) in [6, 6.07) is 20.9. The highest BCUT2D eigenvalue weighted by Crippen LogP contribution is 2.39. The Kier molecular flexibility index (Phi) is 7.59. The number of rotatable bonds is 7. The first-order valence-electron chi connectivity index (χ1n) is 10.4. The zero-order chi connectivity index (χ0) is 24.1. The van der Waals surface area contributed by atoms with Crippen LogP contribution >= 0.6 is 27.7 Å². The topological polar surface area (TPSA) is 60.4 Å². The molecule has 8 heteroatoms. The van der Waals surface area contributed by atoms with E-state index < -0.39 is 0 Å². The molecule has 0 atom stereocenters. The lowest BCUT2D eigenvalue weighted by molar-refractivity contribution is -0.122. The van der Waals surface area contributed by atoms with Gasteiger partial charge in [-0.25, -0.2) is 4.99 Å². The molecule has 1 heterocycles. The van der Waals surface area contributed by atoms with E-state index in [0.717, 1.165) is 27.0 Å². The number of carbonyl (C=O) groups is 1. The molecule has 6 nitrogen and oxygen atoms in total. The molecule has 1 amide bonds. The lowest BCUT2D eigenvalue weighted by Gasteiger charge is -2.16. The van der Waals surface area contributed by atoms with E-state index in [1.165, 1.54) is 11.8 Å². The van der Waals surface area contributed by atoms with Gasteiger partial charge >= 0.3 is 0 Å². The number of amidine groups is 1. The monoisotopic (exact) mass is 538 g/mol. The Hall–Kier alpha value is -3.23. The number of halogens is 1. The van der Waals surface area contributed by atoms with Crippen molar-refractivity contribution in [1.29, 1.82) is 0 Å². The van der Waals surface area contributed by atoms with E-state index in [2.05, 4.69) is 15.9 Å². The van der Waals surface area contributed by atoms with Gasteiger partial charge in [0, 0.05) is 11.6 Å². The number of methoxy groups -OCH3 is 3. The first kappa shape index (κ1) is 23.9. The average Bonchev–Trinajstić information content (AvgIpc) is 3.14. The van der Waals surface area contributed by atoms with Crippen molar-refractivity contribution in [2.75, 3.05) is 21.3 Å². The van der Waals surface area contributed by atoms with E-state index in [9.17, 15) is 4.79 Å². The van der Waals surface area contributed by atoms with E-state index in [-0.39, 0.29) is 5.91 Å². The van der Waals surface area contributed by atoms with Crippen molar-refractivity contribution in [1.82, 2.24) is 4.90 Å².